The minimum Gasteiger partial charge on any atom is -0.504 e. The number of carbonyl (C=O) groups is 1. The van der Waals surface area contributed by atoms with Crippen LogP contribution in [0.2, 0.25) is 0 Å². The Bertz CT molecular complexity index is 1050. The van der Waals surface area contributed by atoms with Crippen LogP contribution in [-0.2, 0) is 6.54 Å². The second-order valence-corrected chi connectivity index (χ2v) is 5.79. The van der Waals surface area contributed by atoms with Gasteiger partial charge in [-0.25, -0.2) is 8.78 Å². The molecule has 1 amide bonds. The predicted octanol–water partition coefficient (Wildman–Crippen LogP) is 4.92. The molecule has 0 spiro atoms. The molecule has 0 atom stereocenters. The van der Waals surface area contributed by atoms with Gasteiger partial charge in [0.1, 0.15) is 11.6 Å². The number of phenolic OH excluding ortho intramolecular Hbond substituents is 1. The zero-order valence-electron chi connectivity index (χ0n) is 16.3. The lowest BCUT2D eigenvalue weighted by Gasteiger charge is -2.12. The number of carbonyl (C=O) groups excluding carboxylic acids is 1. The van der Waals surface area contributed by atoms with Crippen molar-refractivity contribution in [2.75, 3.05) is 0 Å². The maximum absolute atomic E-state index is 13.5. The lowest BCUT2D eigenvalue weighted by Crippen LogP contribution is -2.25. The second-order valence-electron chi connectivity index (χ2n) is 5.79. The number of nitrogens with one attached hydrogen (secondary N) is 2. The van der Waals surface area contributed by atoms with Crippen LogP contribution < -0.4 is 10.1 Å². The molecule has 11 heteroatoms. The van der Waals surface area contributed by atoms with Crippen LogP contribution >= 0.6 is 0 Å². The van der Waals surface area contributed by atoms with Crippen molar-refractivity contribution in [3.05, 3.63) is 65.4 Å². The fourth-order valence-corrected chi connectivity index (χ4v) is 2.49. The van der Waals surface area contributed by atoms with Crippen LogP contribution in [0.1, 0.15) is 29.9 Å². The zero-order valence-corrected chi connectivity index (χ0v) is 16.3. The van der Waals surface area contributed by atoms with E-state index in [9.17, 15) is 31.9 Å². The molecule has 0 saturated carbocycles. The van der Waals surface area contributed by atoms with E-state index in [0.717, 1.165) is 18.2 Å². The molecular formula is C20H18F5N3O3. The van der Waals surface area contributed by atoms with E-state index in [0.29, 0.717) is 6.07 Å². The van der Waals surface area contributed by atoms with Gasteiger partial charge in [0.2, 0.25) is 0 Å². The molecule has 0 aliphatic heterocycles. The predicted molar refractivity (Wildman–Crippen MR) is 101 cm³/mol. The largest absolute Gasteiger partial charge is 0.573 e. The molecule has 0 aliphatic rings. The Balaban J connectivity index is 0.00000166. The molecule has 3 aromatic rings. The third kappa shape index (κ3) is 6.17. The van der Waals surface area contributed by atoms with Crippen LogP contribution in [0.3, 0.4) is 0 Å². The number of para-hydroxylation sites is 1. The molecule has 0 unspecified atom stereocenters. The summed E-state index contributed by atoms with van der Waals surface area (Å²) in [6.45, 7) is 3.81. The first-order valence-electron chi connectivity index (χ1n) is 8.99. The average Bonchev–Trinajstić information content (AvgIpc) is 3.18. The van der Waals surface area contributed by atoms with Crippen LogP contribution in [0.4, 0.5) is 22.0 Å². The van der Waals surface area contributed by atoms with Crippen molar-refractivity contribution in [3.8, 4) is 22.8 Å². The third-order valence-electron chi connectivity index (χ3n) is 3.73. The van der Waals surface area contributed by atoms with Crippen molar-refractivity contribution < 1.29 is 36.6 Å². The van der Waals surface area contributed by atoms with Gasteiger partial charge in [-0.3, -0.25) is 9.89 Å². The number of aromatic hydroxyl groups is 1. The maximum atomic E-state index is 13.5. The number of ether oxygens (including phenoxy) is 1. The Labute approximate surface area is 173 Å². The van der Waals surface area contributed by atoms with Crippen molar-refractivity contribution in [2.45, 2.75) is 26.8 Å². The SMILES string of the molecule is CC.O=C(NCc1cc(-c2cc(F)cc(F)c2O)n[nH]1)c1ccccc1OC(F)(F)F. The number of benzene rings is 2. The summed E-state index contributed by atoms with van der Waals surface area (Å²) in [4.78, 5) is 12.2. The summed E-state index contributed by atoms with van der Waals surface area (Å²) in [6, 6.07) is 7.50. The van der Waals surface area contributed by atoms with Gasteiger partial charge in [-0.15, -0.1) is 13.2 Å². The first kappa shape index (κ1) is 23.6. The van der Waals surface area contributed by atoms with Gasteiger partial charge in [-0.1, -0.05) is 26.0 Å². The number of H-pyrrole nitrogens is 1. The molecule has 0 bridgehead atoms. The number of aromatic amines is 1. The summed E-state index contributed by atoms with van der Waals surface area (Å²) in [5, 5.41) is 18.4. The van der Waals surface area contributed by atoms with Gasteiger partial charge in [0, 0.05) is 11.6 Å². The smallest absolute Gasteiger partial charge is 0.504 e. The summed E-state index contributed by atoms with van der Waals surface area (Å²) in [5.41, 5.74) is -0.271. The molecule has 2 aromatic carbocycles. The number of nitrogens with zero attached hydrogens (tertiary/aromatic N) is 1. The highest BCUT2D eigenvalue weighted by Gasteiger charge is 2.32. The minimum atomic E-state index is -4.96. The first-order chi connectivity index (χ1) is 14.6. The van der Waals surface area contributed by atoms with Crippen LogP contribution in [0, 0.1) is 11.6 Å². The van der Waals surface area contributed by atoms with Crippen LogP contribution in [0.5, 0.6) is 11.5 Å². The Morgan fingerprint density at radius 3 is 2.52 bits per heavy atom. The summed E-state index contributed by atoms with van der Waals surface area (Å²) in [7, 11) is 0. The van der Waals surface area contributed by atoms with Crippen molar-refractivity contribution in [2.24, 2.45) is 0 Å². The highest BCUT2D eigenvalue weighted by molar-refractivity contribution is 5.96. The molecule has 166 valence electrons. The van der Waals surface area contributed by atoms with Gasteiger partial charge in [0.15, 0.2) is 11.6 Å². The van der Waals surface area contributed by atoms with E-state index in [1.165, 1.54) is 18.2 Å². The molecular weight excluding hydrogens is 425 g/mol. The molecule has 0 radical (unpaired) electrons. The number of aromatic nitrogens is 2. The Kier molecular flexibility index (Phi) is 7.56. The zero-order chi connectivity index (χ0) is 23.2. The Morgan fingerprint density at radius 1 is 1.16 bits per heavy atom. The van der Waals surface area contributed by atoms with Gasteiger partial charge in [0.05, 0.1) is 23.5 Å². The van der Waals surface area contributed by atoms with E-state index < -0.39 is 35.4 Å². The van der Waals surface area contributed by atoms with Gasteiger partial charge in [-0.05, 0) is 24.3 Å². The lowest BCUT2D eigenvalue weighted by atomic mass is 10.1. The third-order valence-corrected chi connectivity index (χ3v) is 3.73. The monoisotopic (exact) mass is 443 g/mol. The summed E-state index contributed by atoms with van der Waals surface area (Å²) < 4.78 is 68.0. The molecule has 1 aromatic heterocycles. The van der Waals surface area contributed by atoms with Gasteiger partial charge in [-0.2, -0.15) is 5.10 Å². The molecule has 0 fully saturated rings. The van der Waals surface area contributed by atoms with Crippen molar-refractivity contribution in [3.63, 3.8) is 0 Å². The molecule has 0 aliphatic carbocycles. The van der Waals surface area contributed by atoms with E-state index in [1.807, 2.05) is 13.8 Å². The first-order valence-corrected chi connectivity index (χ1v) is 8.99. The second kappa shape index (κ2) is 9.92. The van der Waals surface area contributed by atoms with Crippen molar-refractivity contribution in [1.29, 1.82) is 0 Å². The van der Waals surface area contributed by atoms with Crippen LogP contribution in [0.25, 0.3) is 11.3 Å². The number of halogens is 5. The summed E-state index contributed by atoms with van der Waals surface area (Å²) >= 11 is 0. The van der Waals surface area contributed by atoms with Crippen molar-refractivity contribution in [1.82, 2.24) is 15.5 Å². The van der Waals surface area contributed by atoms with E-state index in [4.69, 9.17) is 0 Å². The van der Waals surface area contributed by atoms with Gasteiger partial charge >= 0.3 is 6.36 Å². The molecule has 31 heavy (non-hydrogen) atoms. The maximum Gasteiger partial charge on any atom is 0.573 e. The van der Waals surface area contributed by atoms with Gasteiger partial charge in [0.25, 0.3) is 5.91 Å². The Morgan fingerprint density at radius 2 is 1.84 bits per heavy atom. The molecule has 6 nitrogen and oxygen atoms in total. The number of phenols is 1. The number of hydrogen-bond donors (Lipinski definition) is 3. The average molecular weight is 443 g/mol. The normalized spacial score (nSPS) is 10.8. The van der Waals surface area contributed by atoms with Crippen LogP contribution in [-0.4, -0.2) is 27.6 Å². The summed E-state index contributed by atoms with van der Waals surface area (Å²) in [5.74, 6) is -4.40. The number of amides is 1. The highest BCUT2D eigenvalue weighted by atomic mass is 19.4. The topological polar surface area (TPSA) is 87.2 Å². The van der Waals surface area contributed by atoms with E-state index in [1.54, 1.807) is 0 Å². The number of alkyl halides is 3. The minimum absolute atomic E-state index is 0.00551. The summed E-state index contributed by atoms with van der Waals surface area (Å²) in [6.07, 6.45) is -4.96. The van der Waals surface area contributed by atoms with Crippen molar-refractivity contribution >= 4 is 5.91 Å². The fraction of sp³-hybridized carbons (Fsp3) is 0.200. The van der Waals surface area contributed by atoms with E-state index in [2.05, 4.69) is 20.3 Å². The van der Waals surface area contributed by atoms with E-state index in [-0.39, 0.29) is 29.1 Å². The fourth-order valence-electron chi connectivity index (χ4n) is 2.49. The van der Waals surface area contributed by atoms with E-state index >= 15 is 0 Å². The molecule has 1 heterocycles. The molecule has 3 N–H and O–H groups in total. The Hall–Kier alpha value is -3.63. The van der Waals surface area contributed by atoms with Gasteiger partial charge < -0.3 is 15.2 Å². The molecule has 0 saturated heterocycles. The van der Waals surface area contributed by atoms with Crippen LogP contribution in [0.15, 0.2) is 42.5 Å². The standard InChI is InChI=1S/C18H12F5N3O3.C2H6/c19-9-5-12(16(27)13(20)6-9)14-7-10(25-26-14)8-24-17(28)11-3-1-2-4-15(11)29-18(21,22)23;1-2/h1-7,27H,8H2,(H,24,28)(H,25,26);1-2H3. The molecule has 3 rings (SSSR count). The quantitative estimate of drug-likeness (QED) is 0.489. The number of rotatable bonds is 5. The highest BCUT2D eigenvalue weighted by Crippen LogP contribution is 2.31. The number of hydrogen-bond acceptors (Lipinski definition) is 4. The lowest BCUT2D eigenvalue weighted by molar-refractivity contribution is -0.274.